The van der Waals surface area contributed by atoms with E-state index in [0.717, 1.165) is 5.70 Å². The van der Waals surface area contributed by atoms with Crippen molar-refractivity contribution in [3.8, 4) is 0 Å². The molecule has 0 unspecified atom stereocenters. The van der Waals surface area contributed by atoms with Crippen molar-refractivity contribution in [2.75, 3.05) is 7.11 Å². The predicted octanol–water partition coefficient (Wildman–Crippen LogP) is 0.566. The van der Waals surface area contributed by atoms with E-state index in [2.05, 4.69) is 10.6 Å². The molecule has 0 aliphatic carbocycles. The number of rotatable bonds is 5. The van der Waals surface area contributed by atoms with E-state index in [0.29, 0.717) is 12.3 Å². The maximum absolute atomic E-state index is 11.6. The van der Waals surface area contributed by atoms with Crippen molar-refractivity contribution in [3.05, 3.63) is 11.8 Å². The molecule has 0 bridgehead atoms. The van der Waals surface area contributed by atoms with Crippen LogP contribution in [0, 0.1) is 5.92 Å². The Hall–Kier alpha value is -1.52. The van der Waals surface area contributed by atoms with Gasteiger partial charge in [-0.2, -0.15) is 0 Å². The summed E-state index contributed by atoms with van der Waals surface area (Å²) in [5.74, 6) is -0.0631. The first-order chi connectivity index (χ1) is 7.93. The third kappa shape index (κ3) is 3.76. The van der Waals surface area contributed by atoms with Gasteiger partial charge in [0.15, 0.2) is 0 Å². The van der Waals surface area contributed by atoms with Gasteiger partial charge < -0.3 is 15.4 Å². The van der Waals surface area contributed by atoms with Gasteiger partial charge in [-0.1, -0.05) is 13.8 Å². The smallest absolute Gasteiger partial charge is 0.328 e. The molecule has 0 aromatic carbocycles. The fraction of sp³-hybridized carbons (Fsp3) is 0.667. The third-order valence-electron chi connectivity index (χ3n) is 2.65. The van der Waals surface area contributed by atoms with Crippen molar-refractivity contribution in [2.24, 2.45) is 5.92 Å². The lowest BCUT2D eigenvalue weighted by atomic mass is 10.0. The summed E-state index contributed by atoms with van der Waals surface area (Å²) in [5.41, 5.74) is 0.742. The molecule has 2 atom stereocenters. The highest BCUT2D eigenvalue weighted by Crippen LogP contribution is 2.12. The van der Waals surface area contributed by atoms with Crippen LogP contribution in [0.1, 0.15) is 27.2 Å². The molecule has 5 heteroatoms. The van der Waals surface area contributed by atoms with Crippen molar-refractivity contribution < 1.29 is 14.3 Å². The summed E-state index contributed by atoms with van der Waals surface area (Å²) in [5, 5.41) is 5.82. The Kier molecular flexibility index (Phi) is 4.54. The van der Waals surface area contributed by atoms with Crippen LogP contribution in [-0.2, 0) is 14.3 Å². The number of methoxy groups -OCH3 is 1. The zero-order chi connectivity index (χ0) is 13.0. The van der Waals surface area contributed by atoms with Crippen LogP contribution in [0.5, 0.6) is 0 Å². The van der Waals surface area contributed by atoms with E-state index in [1.54, 1.807) is 0 Å². The topological polar surface area (TPSA) is 67.4 Å². The Morgan fingerprint density at radius 3 is 2.65 bits per heavy atom. The zero-order valence-corrected chi connectivity index (χ0v) is 10.7. The van der Waals surface area contributed by atoms with Gasteiger partial charge in [0.1, 0.15) is 6.04 Å². The van der Waals surface area contributed by atoms with Crippen LogP contribution in [0.4, 0.5) is 0 Å². The molecule has 1 aliphatic rings. The van der Waals surface area contributed by atoms with E-state index in [1.807, 2.05) is 20.8 Å². The first-order valence-corrected chi connectivity index (χ1v) is 5.80. The number of hydrogen-bond acceptors (Lipinski definition) is 4. The van der Waals surface area contributed by atoms with Crippen molar-refractivity contribution >= 4 is 11.9 Å². The Morgan fingerprint density at radius 2 is 2.24 bits per heavy atom. The number of esters is 1. The standard InChI is InChI=1S/C12H20N2O3/c1-7(2)5-10(12(16)17-4)14-9-6-11(15)13-8(9)3/h6-8,10,14H,5H2,1-4H3,(H,13,15)/t8-,10-/m0/s1. The van der Waals surface area contributed by atoms with E-state index in [1.165, 1.54) is 13.2 Å². The number of carbonyl (C=O) groups excluding carboxylic acids is 2. The average molecular weight is 240 g/mol. The van der Waals surface area contributed by atoms with Crippen LogP contribution >= 0.6 is 0 Å². The molecular weight excluding hydrogens is 220 g/mol. The van der Waals surface area contributed by atoms with Gasteiger partial charge in [-0.15, -0.1) is 0 Å². The van der Waals surface area contributed by atoms with Crippen LogP contribution in [0.2, 0.25) is 0 Å². The Balaban J connectivity index is 2.69. The van der Waals surface area contributed by atoms with E-state index >= 15 is 0 Å². The molecule has 96 valence electrons. The Labute approximate surface area is 102 Å². The highest BCUT2D eigenvalue weighted by atomic mass is 16.5. The van der Waals surface area contributed by atoms with Gasteiger partial charge in [0, 0.05) is 11.8 Å². The largest absolute Gasteiger partial charge is 0.467 e. The average Bonchev–Trinajstić information content (AvgIpc) is 2.54. The molecule has 5 nitrogen and oxygen atoms in total. The second kappa shape index (κ2) is 5.70. The Bertz CT molecular complexity index is 337. The first kappa shape index (κ1) is 13.5. The lowest BCUT2D eigenvalue weighted by Crippen LogP contribution is -2.41. The zero-order valence-electron chi connectivity index (χ0n) is 10.7. The van der Waals surface area contributed by atoms with Crippen molar-refractivity contribution in [2.45, 2.75) is 39.3 Å². The summed E-state index contributed by atoms with van der Waals surface area (Å²) in [7, 11) is 1.37. The van der Waals surface area contributed by atoms with Crippen molar-refractivity contribution in [3.63, 3.8) is 0 Å². The Morgan fingerprint density at radius 1 is 1.59 bits per heavy atom. The quantitative estimate of drug-likeness (QED) is 0.689. The van der Waals surface area contributed by atoms with Crippen molar-refractivity contribution in [1.82, 2.24) is 10.6 Å². The molecule has 0 fully saturated rings. The van der Waals surface area contributed by atoms with E-state index < -0.39 is 6.04 Å². The van der Waals surface area contributed by atoms with Gasteiger partial charge in [-0.05, 0) is 19.3 Å². The summed E-state index contributed by atoms with van der Waals surface area (Å²) in [6.45, 7) is 5.94. The number of amides is 1. The molecular formula is C12H20N2O3. The van der Waals surface area contributed by atoms with Crippen LogP contribution in [0.25, 0.3) is 0 Å². The summed E-state index contributed by atoms with van der Waals surface area (Å²) in [6, 6.07) is -0.483. The molecule has 0 saturated carbocycles. The predicted molar refractivity (Wildman–Crippen MR) is 64.1 cm³/mol. The minimum Gasteiger partial charge on any atom is -0.467 e. The maximum atomic E-state index is 11.6. The van der Waals surface area contributed by atoms with Gasteiger partial charge >= 0.3 is 5.97 Å². The number of hydrogen-bond donors (Lipinski definition) is 2. The molecule has 0 radical (unpaired) electrons. The van der Waals surface area contributed by atoms with Crippen LogP contribution < -0.4 is 10.6 Å². The summed E-state index contributed by atoms with van der Waals surface area (Å²) < 4.78 is 4.75. The van der Waals surface area contributed by atoms with E-state index in [9.17, 15) is 9.59 Å². The molecule has 0 aromatic heterocycles. The molecule has 2 N–H and O–H groups in total. The van der Waals surface area contributed by atoms with E-state index in [4.69, 9.17) is 4.74 Å². The third-order valence-corrected chi connectivity index (χ3v) is 2.65. The molecule has 0 spiro atoms. The van der Waals surface area contributed by atoms with Gasteiger partial charge in [0.2, 0.25) is 5.91 Å². The lowest BCUT2D eigenvalue weighted by Gasteiger charge is -2.21. The van der Waals surface area contributed by atoms with Crippen molar-refractivity contribution in [1.29, 1.82) is 0 Å². The van der Waals surface area contributed by atoms with Gasteiger partial charge in [0.05, 0.1) is 13.2 Å². The summed E-state index contributed by atoms with van der Waals surface area (Å²) >= 11 is 0. The monoisotopic (exact) mass is 240 g/mol. The fourth-order valence-electron chi connectivity index (χ4n) is 1.79. The highest BCUT2D eigenvalue weighted by Gasteiger charge is 2.26. The van der Waals surface area contributed by atoms with E-state index in [-0.39, 0.29) is 17.9 Å². The fourth-order valence-corrected chi connectivity index (χ4v) is 1.79. The molecule has 0 aromatic rings. The second-order valence-electron chi connectivity index (χ2n) is 4.68. The molecule has 1 amide bonds. The number of nitrogens with one attached hydrogen (secondary N) is 2. The van der Waals surface area contributed by atoms with Gasteiger partial charge in [-0.3, -0.25) is 4.79 Å². The first-order valence-electron chi connectivity index (χ1n) is 5.80. The summed E-state index contributed by atoms with van der Waals surface area (Å²) in [6.07, 6.45) is 2.16. The van der Waals surface area contributed by atoms with Crippen LogP contribution in [0.15, 0.2) is 11.8 Å². The highest BCUT2D eigenvalue weighted by molar-refractivity contribution is 5.91. The van der Waals surface area contributed by atoms with Crippen LogP contribution in [0.3, 0.4) is 0 Å². The SMILES string of the molecule is COC(=O)[C@H](CC(C)C)NC1=CC(=O)N[C@H]1C. The minimum absolute atomic E-state index is 0.0816. The summed E-state index contributed by atoms with van der Waals surface area (Å²) in [4.78, 5) is 22.8. The second-order valence-corrected chi connectivity index (χ2v) is 4.68. The number of carbonyl (C=O) groups is 2. The lowest BCUT2D eigenvalue weighted by molar-refractivity contribution is -0.143. The normalized spacial score (nSPS) is 20.9. The minimum atomic E-state index is -0.401. The molecule has 17 heavy (non-hydrogen) atoms. The van der Waals surface area contributed by atoms with Crippen LogP contribution in [-0.4, -0.2) is 31.1 Å². The molecule has 1 rings (SSSR count). The number of ether oxygens (including phenoxy) is 1. The molecule has 1 heterocycles. The maximum Gasteiger partial charge on any atom is 0.328 e. The van der Waals surface area contributed by atoms with Gasteiger partial charge in [-0.25, -0.2) is 4.79 Å². The molecule has 1 aliphatic heterocycles. The van der Waals surface area contributed by atoms with Gasteiger partial charge in [0.25, 0.3) is 0 Å². The molecule has 0 saturated heterocycles.